The molecule has 0 spiro atoms. The van der Waals surface area contributed by atoms with E-state index in [1.807, 2.05) is 13.0 Å². The van der Waals surface area contributed by atoms with Crippen LogP contribution in [0.2, 0.25) is 0 Å². The highest BCUT2D eigenvalue weighted by Gasteiger charge is 2.02. The summed E-state index contributed by atoms with van der Waals surface area (Å²) in [5.41, 5.74) is 0.537. The van der Waals surface area contributed by atoms with Crippen LogP contribution in [0.4, 0.5) is 5.82 Å². The van der Waals surface area contributed by atoms with Gasteiger partial charge in [-0.1, -0.05) is 13.3 Å². The van der Waals surface area contributed by atoms with Gasteiger partial charge in [0.15, 0.2) is 0 Å². The number of hydrogen-bond donors (Lipinski definition) is 2. The Morgan fingerprint density at radius 1 is 1.60 bits per heavy atom. The Bertz CT molecular complexity index is 329. The Hall–Kier alpha value is -1.60. The van der Waals surface area contributed by atoms with E-state index in [2.05, 4.69) is 10.3 Å². The number of nitrogens with zero attached hydrogens (tertiary/aromatic N) is 2. The summed E-state index contributed by atoms with van der Waals surface area (Å²) in [4.78, 5) is 4.04. The maximum Gasteiger partial charge on any atom is 0.126 e. The predicted molar refractivity (Wildman–Crippen MR) is 58.4 cm³/mol. The van der Waals surface area contributed by atoms with E-state index in [1.165, 1.54) is 6.20 Å². The highest BCUT2D eigenvalue weighted by Crippen LogP contribution is 2.05. The van der Waals surface area contributed by atoms with Crippen LogP contribution in [-0.4, -0.2) is 22.7 Å². The van der Waals surface area contributed by atoms with Crippen LogP contribution in [0.15, 0.2) is 18.3 Å². The van der Waals surface area contributed by atoms with Crippen LogP contribution < -0.4 is 5.32 Å². The monoisotopic (exact) mass is 205 g/mol. The van der Waals surface area contributed by atoms with Gasteiger partial charge in [0.05, 0.1) is 11.7 Å². The maximum absolute atomic E-state index is 9.47. The molecule has 0 fully saturated rings. The van der Waals surface area contributed by atoms with E-state index in [0.29, 0.717) is 17.9 Å². The number of nitrogens with one attached hydrogen (secondary N) is 1. The average molecular weight is 205 g/mol. The Morgan fingerprint density at radius 2 is 2.40 bits per heavy atom. The zero-order chi connectivity index (χ0) is 11.1. The molecule has 80 valence electrons. The van der Waals surface area contributed by atoms with Gasteiger partial charge in [0.25, 0.3) is 0 Å². The number of nitriles is 1. The summed E-state index contributed by atoms with van der Waals surface area (Å²) in [6, 6.07) is 5.43. The standard InChI is InChI=1S/C11H15N3O/c1-2-3-10(15)8-14-11-5-4-9(6-12)7-13-11/h4-5,7,10,15H,2-3,8H2,1H3,(H,13,14). The van der Waals surface area contributed by atoms with Crippen LogP contribution in [-0.2, 0) is 0 Å². The molecule has 0 aliphatic heterocycles. The van der Waals surface area contributed by atoms with Crippen molar-refractivity contribution in [2.75, 3.05) is 11.9 Å². The molecule has 4 nitrogen and oxygen atoms in total. The number of rotatable bonds is 5. The minimum absolute atomic E-state index is 0.340. The molecule has 1 aromatic heterocycles. The van der Waals surface area contributed by atoms with Crippen molar-refractivity contribution in [3.8, 4) is 6.07 Å². The molecule has 4 heteroatoms. The van der Waals surface area contributed by atoms with Gasteiger partial charge in [-0.2, -0.15) is 5.26 Å². The van der Waals surface area contributed by atoms with Gasteiger partial charge in [0, 0.05) is 12.7 Å². The molecule has 0 aromatic carbocycles. The fourth-order valence-electron chi connectivity index (χ4n) is 1.22. The molecule has 0 aliphatic carbocycles. The fourth-order valence-corrected chi connectivity index (χ4v) is 1.22. The van der Waals surface area contributed by atoms with Crippen molar-refractivity contribution in [3.63, 3.8) is 0 Å². The summed E-state index contributed by atoms with van der Waals surface area (Å²) >= 11 is 0. The molecule has 1 rings (SSSR count). The van der Waals surface area contributed by atoms with E-state index in [9.17, 15) is 5.11 Å². The van der Waals surface area contributed by atoms with Gasteiger partial charge in [-0.05, 0) is 18.6 Å². The van der Waals surface area contributed by atoms with Crippen LogP contribution in [0.5, 0.6) is 0 Å². The van der Waals surface area contributed by atoms with Crippen molar-refractivity contribution in [1.29, 1.82) is 5.26 Å². The van der Waals surface area contributed by atoms with E-state index in [4.69, 9.17) is 5.26 Å². The van der Waals surface area contributed by atoms with Gasteiger partial charge in [-0.25, -0.2) is 4.98 Å². The Labute approximate surface area is 89.6 Å². The molecule has 2 N–H and O–H groups in total. The first-order valence-electron chi connectivity index (χ1n) is 5.04. The third-order valence-electron chi connectivity index (χ3n) is 2.03. The summed E-state index contributed by atoms with van der Waals surface area (Å²) in [6.45, 7) is 2.52. The van der Waals surface area contributed by atoms with Gasteiger partial charge < -0.3 is 10.4 Å². The highest BCUT2D eigenvalue weighted by atomic mass is 16.3. The van der Waals surface area contributed by atoms with Gasteiger partial charge in [-0.15, -0.1) is 0 Å². The molecule has 1 atom stereocenters. The predicted octanol–water partition coefficient (Wildman–Crippen LogP) is 1.53. The Kier molecular flexibility index (Phi) is 4.58. The van der Waals surface area contributed by atoms with Crippen molar-refractivity contribution >= 4 is 5.82 Å². The van der Waals surface area contributed by atoms with Crippen LogP contribution in [0.1, 0.15) is 25.3 Å². The topological polar surface area (TPSA) is 68.9 Å². The summed E-state index contributed by atoms with van der Waals surface area (Å²) in [5, 5.41) is 21.0. The summed E-state index contributed by atoms with van der Waals surface area (Å²) in [7, 11) is 0. The Balaban J connectivity index is 2.41. The summed E-state index contributed by atoms with van der Waals surface area (Å²) in [5.74, 6) is 0.684. The van der Waals surface area contributed by atoms with E-state index < -0.39 is 0 Å². The van der Waals surface area contributed by atoms with E-state index in [1.54, 1.807) is 12.1 Å². The lowest BCUT2D eigenvalue weighted by molar-refractivity contribution is 0.176. The smallest absolute Gasteiger partial charge is 0.126 e. The van der Waals surface area contributed by atoms with Crippen molar-refractivity contribution in [3.05, 3.63) is 23.9 Å². The number of aromatic nitrogens is 1. The lowest BCUT2D eigenvalue weighted by atomic mass is 10.2. The first-order chi connectivity index (χ1) is 7.26. The second-order valence-corrected chi connectivity index (χ2v) is 3.37. The van der Waals surface area contributed by atoms with Crippen molar-refractivity contribution in [2.24, 2.45) is 0 Å². The molecule has 0 saturated carbocycles. The van der Waals surface area contributed by atoms with Crippen molar-refractivity contribution in [1.82, 2.24) is 4.98 Å². The second-order valence-electron chi connectivity index (χ2n) is 3.37. The number of hydrogen-bond acceptors (Lipinski definition) is 4. The molecule has 0 radical (unpaired) electrons. The zero-order valence-electron chi connectivity index (χ0n) is 8.77. The Morgan fingerprint density at radius 3 is 2.93 bits per heavy atom. The lowest BCUT2D eigenvalue weighted by Gasteiger charge is -2.10. The first-order valence-corrected chi connectivity index (χ1v) is 5.04. The molecular weight excluding hydrogens is 190 g/mol. The number of aliphatic hydroxyl groups excluding tert-OH is 1. The molecule has 1 aromatic rings. The van der Waals surface area contributed by atoms with Gasteiger partial charge in [0.1, 0.15) is 11.9 Å². The second kappa shape index (κ2) is 5.99. The molecule has 0 aliphatic rings. The minimum atomic E-state index is -0.340. The van der Waals surface area contributed by atoms with Crippen molar-refractivity contribution < 1.29 is 5.11 Å². The quantitative estimate of drug-likeness (QED) is 0.764. The molecule has 15 heavy (non-hydrogen) atoms. The minimum Gasteiger partial charge on any atom is -0.391 e. The fraction of sp³-hybridized carbons (Fsp3) is 0.455. The summed E-state index contributed by atoms with van der Waals surface area (Å²) < 4.78 is 0. The SMILES string of the molecule is CCCC(O)CNc1ccc(C#N)cn1. The highest BCUT2D eigenvalue weighted by molar-refractivity contribution is 5.38. The van der Waals surface area contributed by atoms with Gasteiger partial charge >= 0.3 is 0 Å². The average Bonchev–Trinajstić information content (AvgIpc) is 2.27. The van der Waals surface area contributed by atoms with E-state index >= 15 is 0 Å². The van der Waals surface area contributed by atoms with Crippen LogP contribution in [0.3, 0.4) is 0 Å². The van der Waals surface area contributed by atoms with E-state index in [-0.39, 0.29) is 6.10 Å². The van der Waals surface area contributed by atoms with Gasteiger partial charge in [0.2, 0.25) is 0 Å². The molecule has 0 saturated heterocycles. The molecular formula is C11H15N3O. The number of anilines is 1. The van der Waals surface area contributed by atoms with Crippen LogP contribution in [0.25, 0.3) is 0 Å². The van der Waals surface area contributed by atoms with Gasteiger partial charge in [-0.3, -0.25) is 0 Å². The molecule has 1 unspecified atom stereocenters. The molecule has 0 amide bonds. The first kappa shape index (κ1) is 11.5. The molecule has 0 bridgehead atoms. The third kappa shape index (κ3) is 3.96. The summed E-state index contributed by atoms with van der Waals surface area (Å²) in [6.07, 6.45) is 2.91. The number of aliphatic hydroxyl groups is 1. The third-order valence-corrected chi connectivity index (χ3v) is 2.03. The number of pyridine rings is 1. The van der Waals surface area contributed by atoms with Crippen LogP contribution in [0, 0.1) is 11.3 Å². The molecule has 1 heterocycles. The van der Waals surface area contributed by atoms with Crippen LogP contribution >= 0.6 is 0 Å². The van der Waals surface area contributed by atoms with E-state index in [0.717, 1.165) is 12.8 Å². The normalized spacial score (nSPS) is 11.8. The lowest BCUT2D eigenvalue weighted by Crippen LogP contribution is -2.19. The largest absolute Gasteiger partial charge is 0.391 e. The van der Waals surface area contributed by atoms with Crippen molar-refractivity contribution in [2.45, 2.75) is 25.9 Å². The maximum atomic E-state index is 9.47. The zero-order valence-corrected chi connectivity index (χ0v) is 8.77.